The topological polar surface area (TPSA) is 86.0 Å². The van der Waals surface area contributed by atoms with Crippen molar-refractivity contribution in [2.75, 3.05) is 5.32 Å². The number of rotatable bonds is 4. The lowest BCUT2D eigenvalue weighted by atomic mass is 10.3. The number of hydrogen-bond donors (Lipinski definition) is 1. The zero-order valence-electron chi connectivity index (χ0n) is 16.0. The molecule has 0 saturated carbocycles. The van der Waals surface area contributed by atoms with E-state index in [0.29, 0.717) is 15.8 Å². The fourth-order valence-corrected chi connectivity index (χ4v) is 5.07. The molecule has 160 valence electrons. The number of nitrogens with zero attached hydrogens (tertiary/aromatic N) is 3. The summed E-state index contributed by atoms with van der Waals surface area (Å²) in [5.41, 5.74) is -0.865. The van der Waals surface area contributed by atoms with Crippen LogP contribution in [0.2, 0.25) is 0 Å². The molecule has 7 nitrogen and oxygen atoms in total. The van der Waals surface area contributed by atoms with Crippen LogP contribution in [0, 0.1) is 11.6 Å². The number of fused-ring (bicyclic) bond motifs is 2. The first kappa shape index (κ1) is 20.2. The van der Waals surface area contributed by atoms with Crippen molar-refractivity contribution in [3.05, 3.63) is 86.4 Å². The van der Waals surface area contributed by atoms with E-state index >= 15 is 0 Å². The molecule has 0 unspecified atom stereocenters. The van der Waals surface area contributed by atoms with E-state index < -0.39 is 35.3 Å². The van der Waals surface area contributed by atoms with E-state index in [0.717, 1.165) is 38.3 Å². The highest BCUT2D eigenvalue weighted by Crippen LogP contribution is 2.25. The normalized spacial score (nSPS) is 11.3. The largest absolute Gasteiger partial charge is 0.336 e. The van der Waals surface area contributed by atoms with Gasteiger partial charge in [0.2, 0.25) is 5.91 Å². The maximum atomic E-state index is 13.7. The third-order valence-corrected chi connectivity index (χ3v) is 6.55. The average Bonchev–Trinajstić information content (AvgIpc) is 3.37. The molecule has 3 heterocycles. The van der Waals surface area contributed by atoms with Crippen molar-refractivity contribution in [3.63, 3.8) is 0 Å². The quantitative estimate of drug-likeness (QED) is 0.434. The number of thiophene rings is 1. The van der Waals surface area contributed by atoms with Gasteiger partial charge in [-0.05, 0) is 35.7 Å². The Morgan fingerprint density at radius 1 is 1.06 bits per heavy atom. The number of halogens is 2. The summed E-state index contributed by atoms with van der Waals surface area (Å²) in [4.78, 5) is 43.1. The second kappa shape index (κ2) is 7.77. The maximum Gasteiger partial charge on any atom is 0.336 e. The van der Waals surface area contributed by atoms with Gasteiger partial charge in [0.25, 0.3) is 5.56 Å². The van der Waals surface area contributed by atoms with Crippen LogP contribution in [0.15, 0.2) is 63.5 Å². The minimum atomic E-state index is -0.933. The smallest absolute Gasteiger partial charge is 0.300 e. The Labute approximate surface area is 185 Å². The average molecular weight is 470 g/mol. The van der Waals surface area contributed by atoms with Gasteiger partial charge in [0.15, 0.2) is 5.13 Å². The summed E-state index contributed by atoms with van der Waals surface area (Å²) in [5, 5.41) is 4.63. The van der Waals surface area contributed by atoms with Gasteiger partial charge in [0.1, 0.15) is 22.9 Å². The van der Waals surface area contributed by atoms with E-state index in [2.05, 4.69) is 10.3 Å². The van der Waals surface area contributed by atoms with Crippen LogP contribution in [0.4, 0.5) is 13.9 Å². The molecule has 0 atom stereocenters. The Balaban J connectivity index is 1.57. The zero-order chi connectivity index (χ0) is 22.4. The van der Waals surface area contributed by atoms with Gasteiger partial charge in [-0.25, -0.2) is 23.1 Å². The number of anilines is 1. The maximum absolute atomic E-state index is 13.7. The Kier molecular flexibility index (Phi) is 4.91. The Bertz CT molecular complexity index is 1580. The minimum absolute atomic E-state index is 0.182. The van der Waals surface area contributed by atoms with Gasteiger partial charge in [-0.15, -0.1) is 11.3 Å². The number of para-hydroxylation sites is 1. The number of amides is 1. The van der Waals surface area contributed by atoms with Crippen LogP contribution >= 0.6 is 22.7 Å². The van der Waals surface area contributed by atoms with Crippen LogP contribution < -0.4 is 16.6 Å². The third kappa shape index (κ3) is 3.51. The second-order valence-electron chi connectivity index (χ2n) is 6.81. The van der Waals surface area contributed by atoms with E-state index in [4.69, 9.17) is 0 Å². The summed E-state index contributed by atoms with van der Waals surface area (Å²) in [5.74, 6) is -2.40. The summed E-state index contributed by atoms with van der Waals surface area (Å²) >= 11 is 2.35. The predicted molar refractivity (Wildman–Crippen MR) is 120 cm³/mol. The fourth-order valence-electron chi connectivity index (χ4n) is 3.36. The number of hydrogen-bond acceptors (Lipinski definition) is 6. The van der Waals surface area contributed by atoms with Crippen molar-refractivity contribution >= 4 is 54.1 Å². The molecule has 0 aliphatic carbocycles. The van der Waals surface area contributed by atoms with E-state index in [1.807, 2.05) is 24.3 Å². The summed E-state index contributed by atoms with van der Waals surface area (Å²) < 4.78 is 30.3. The molecule has 32 heavy (non-hydrogen) atoms. The monoisotopic (exact) mass is 470 g/mol. The molecule has 1 amide bonds. The standard InChI is InChI=1S/C21H12F2N4O3S2/c22-11-7-12(23)9-13(8-11)27-19(29)18-15(5-6-31-18)26(21(27)30)10-17(28)25-20-24-14-3-1-2-4-16(14)32-20/h1-9H,10H2,(H,24,25,28). The van der Waals surface area contributed by atoms with E-state index in [9.17, 15) is 23.2 Å². The molecule has 2 aromatic carbocycles. The second-order valence-corrected chi connectivity index (χ2v) is 8.75. The number of thiazole rings is 1. The molecule has 0 bridgehead atoms. The van der Waals surface area contributed by atoms with Gasteiger partial charge in [0.05, 0.1) is 21.4 Å². The lowest BCUT2D eigenvalue weighted by Gasteiger charge is -2.12. The number of benzene rings is 2. The highest BCUT2D eigenvalue weighted by molar-refractivity contribution is 7.22. The molecule has 1 N–H and O–H groups in total. The first-order valence-electron chi connectivity index (χ1n) is 9.25. The molecule has 5 rings (SSSR count). The zero-order valence-corrected chi connectivity index (χ0v) is 17.7. The van der Waals surface area contributed by atoms with Crippen molar-refractivity contribution in [1.29, 1.82) is 0 Å². The molecule has 0 radical (unpaired) electrons. The van der Waals surface area contributed by atoms with Crippen molar-refractivity contribution in [3.8, 4) is 5.69 Å². The highest BCUT2D eigenvalue weighted by atomic mass is 32.1. The van der Waals surface area contributed by atoms with Crippen molar-refractivity contribution in [2.24, 2.45) is 0 Å². The molecule has 5 aromatic rings. The summed E-state index contributed by atoms with van der Waals surface area (Å²) in [6.45, 7) is -0.417. The molecular formula is C21H12F2N4O3S2. The van der Waals surface area contributed by atoms with E-state index in [-0.39, 0.29) is 15.9 Å². The summed E-state index contributed by atoms with van der Waals surface area (Å²) in [6.07, 6.45) is 0. The predicted octanol–water partition coefficient (Wildman–Crippen LogP) is 3.74. The molecule has 0 aliphatic rings. The van der Waals surface area contributed by atoms with Crippen LogP contribution in [-0.2, 0) is 11.3 Å². The van der Waals surface area contributed by atoms with Crippen LogP contribution in [0.3, 0.4) is 0 Å². The first-order valence-corrected chi connectivity index (χ1v) is 11.0. The molecule has 3 aromatic heterocycles. The van der Waals surface area contributed by atoms with Gasteiger partial charge in [-0.2, -0.15) is 0 Å². The summed E-state index contributed by atoms with van der Waals surface area (Å²) in [6, 6.07) is 11.3. The SMILES string of the molecule is O=C(Cn1c(=O)n(-c2cc(F)cc(F)c2)c(=O)c2sccc21)Nc1nc2ccccc2s1. The van der Waals surface area contributed by atoms with Gasteiger partial charge in [-0.3, -0.25) is 14.2 Å². The van der Waals surface area contributed by atoms with Crippen LogP contribution in [0.5, 0.6) is 0 Å². The first-order chi connectivity index (χ1) is 15.4. The van der Waals surface area contributed by atoms with E-state index in [1.165, 1.54) is 11.3 Å². The minimum Gasteiger partial charge on any atom is -0.300 e. The van der Waals surface area contributed by atoms with Crippen molar-refractivity contribution in [2.45, 2.75) is 6.54 Å². The third-order valence-electron chi connectivity index (χ3n) is 4.70. The van der Waals surface area contributed by atoms with Gasteiger partial charge in [0, 0.05) is 6.07 Å². The van der Waals surface area contributed by atoms with Gasteiger partial charge >= 0.3 is 5.69 Å². The van der Waals surface area contributed by atoms with E-state index in [1.54, 1.807) is 11.4 Å². The van der Waals surface area contributed by atoms with Crippen LogP contribution in [-0.4, -0.2) is 20.0 Å². The molecule has 0 aliphatic heterocycles. The van der Waals surface area contributed by atoms with Crippen molar-refractivity contribution < 1.29 is 13.6 Å². The molecule has 0 saturated heterocycles. The number of aromatic nitrogens is 3. The Morgan fingerprint density at radius 3 is 2.56 bits per heavy atom. The van der Waals surface area contributed by atoms with Gasteiger partial charge < -0.3 is 5.32 Å². The number of carbonyl (C=O) groups is 1. The van der Waals surface area contributed by atoms with Crippen molar-refractivity contribution in [1.82, 2.24) is 14.1 Å². The lowest BCUT2D eigenvalue weighted by Crippen LogP contribution is -2.40. The van der Waals surface area contributed by atoms with Crippen LogP contribution in [0.25, 0.3) is 26.1 Å². The lowest BCUT2D eigenvalue weighted by molar-refractivity contribution is -0.116. The Hall–Kier alpha value is -3.70. The Morgan fingerprint density at radius 2 is 1.81 bits per heavy atom. The van der Waals surface area contributed by atoms with Gasteiger partial charge in [-0.1, -0.05) is 23.5 Å². The molecular weight excluding hydrogens is 458 g/mol. The number of carbonyl (C=O) groups excluding carboxylic acids is 1. The summed E-state index contributed by atoms with van der Waals surface area (Å²) in [7, 11) is 0. The molecule has 11 heteroatoms. The molecule has 0 fully saturated rings. The fraction of sp³-hybridized carbons (Fsp3) is 0.0476. The highest BCUT2D eigenvalue weighted by Gasteiger charge is 2.19. The molecule has 0 spiro atoms. The number of nitrogens with one attached hydrogen (secondary N) is 1. The van der Waals surface area contributed by atoms with Crippen LogP contribution in [0.1, 0.15) is 0 Å².